The largest absolute Gasteiger partial charge is 0.489 e. The number of nitrogens with zero attached hydrogens (tertiary/aromatic N) is 5. The standard InChI is InChI=1S/C35H43ClN6O6S/c1-26-6-5-7-29(36)33(26)49(45,46)42-28(23-48-31-9-4-3-8-30(31)42)22-47-24-32(43)40-16-12-35(13-17-40,41-20-18-39(2)19-21-41)25-38-34(44)27-10-14-37-15-11-27/h3-11,14-15,28H,12-13,16-25H2,1-2H3,(H,38,44). The number of anilines is 1. The van der Waals surface area contributed by atoms with Gasteiger partial charge in [0, 0.05) is 69.3 Å². The number of hydrogen-bond donors (Lipinski definition) is 1. The number of likely N-dealkylation sites (N-methyl/N-ethyl adjacent to an activating group) is 1. The molecule has 3 aromatic rings. The van der Waals surface area contributed by atoms with Crippen molar-refractivity contribution in [3.05, 3.63) is 83.1 Å². The number of ether oxygens (including phenoxy) is 2. The fourth-order valence-electron chi connectivity index (χ4n) is 6.98. The number of carbonyl (C=O) groups excluding carboxylic acids is 2. The first kappa shape index (κ1) is 35.1. The Hall–Kier alpha value is -3.75. The molecule has 3 aliphatic heterocycles. The van der Waals surface area contributed by atoms with E-state index in [0.29, 0.717) is 55.0 Å². The second-order valence-electron chi connectivity index (χ2n) is 12.9. The molecule has 49 heavy (non-hydrogen) atoms. The Kier molecular flexibility index (Phi) is 10.8. The van der Waals surface area contributed by atoms with E-state index in [2.05, 4.69) is 27.1 Å². The van der Waals surface area contributed by atoms with Crippen LogP contribution in [0.2, 0.25) is 5.02 Å². The summed E-state index contributed by atoms with van der Waals surface area (Å²) in [4.78, 5) is 37.0. The number of fused-ring (bicyclic) bond motifs is 1. The van der Waals surface area contributed by atoms with E-state index in [1.165, 1.54) is 4.31 Å². The van der Waals surface area contributed by atoms with E-state index >= 15 is 0 Å². The van der Waals surface area contributed by atoms with Crippen LogP contribution >= 0.6 is 11.6 Å². The maximum atomic E-state index is 14.2. The van der Waals surface area contributed by atoms with Crippen molar-refractivity contribution in [3.63, 3.8) is 0 Å². The molecule has 2 saturated heterocycles. The van der Waals surface area contributed by atoms with E-state index in [9.17, 15) is 18.0 Å². The van der Waals surface area contributed by atoms with E-state index in [-0.39, 0.29) is 47.1 Å². The molecule has 1 atom stereocenters. The Morgan fingerprint density at radius 3 is 2.43 bits per heavy atom. The smallest absolute Gasteiger partial charge is 0.266 e. The Balaban J connectivity index is 1.10. The summed E-state index contributed by atoms with van der Waals surface area (Å²) in [5, 5.41) is 3.28. The minimum Gasteiger partial charge on any atom is -0.489 e. The number of aromatic nitrogens is 1. The fourth-order valence-corrected chi connectivity index (χ4v) is 9.40. The molecule has 14 heteroatoms. The zero-order chi connectivity index (χ0) is 34.6. The normalized spacial score (nSPS) is 19.9. The molecule has 0 spiro atoms. The summed E-state index contributed by atoms with van der Waals surface area (Å²) < 4.78 is 41.5. The fraction of sp³-hybridized carbons (Fsp3) is 0.457. The summed E-state index contributed by atoms with van der Waals surface area (Å²) >= 11 is 6.43. The van der Waals surface area contributed by atoms with Gasteiger partial charge in [0.05, 0.1) is 17.3 Å². The Bertz CT molecular complexity index is 1730. The highest BCUT2D eigenvalue weighted by Gasteiger charge is 2.43. The highest BCUT2D eigenvalue weighted by molar-refractivity contribution is 7.93. The number of para-hydroxylation sites is 2. The van der Waals surface area contributed by atoms with Gasteiger partial charge >= 0.3 is 0 Å². The summed E-state index contributed by atoms with van der Waals surface area (Å²) in [5.41, 5.74) is 1.20. The summed E-state index contributed by atoms with van der Waals surface area (Å²) in [6.45, 7) is 6.69. The van der Waals surface area contributed by atoms with E-state index < -0.39 is 16.1 Å². The second-order valence-corrected chi connectivity index (χ2v) is 15.1. The van der Waals surface area contributed by atoms with Gasteiger partial charge in [-0.2, -0.15) is 0 Å². The Morgan fingerprint density at radius 2 is 1.71 bits per heavy atom. The number of rotatable bonds is 10. The molecule has 6 rings (SSSR count). The third-order valence-corrected chi connectivity index (χ3v) is 12.3. The van der Waals surface area contributed by atoms with Crippen LogP contribution in [0.5, 0.6) is 5.75 Å². The van der Waals surface area contributed by atoms with Gasteiger partial charge in [-0.3, -0.25) is 23.8 Å². The van der Waals surface area contributed by atoms with Crippen LogP contribution in [0.25, 0.3) is 0 Å². The number of aryl methyl sites for hydroxylation is 1. The van der Waals surface area contributed by atoms with Crippen molar-refractivity contribution >= 4 is 39.1 Å². The van der Waals surface area contributed by atoms with Crippen LogP contribution in [0.1, 0.15) is 28.8 Å². The summed E-state index contributed by atoms with van der Waals surface area (Å²) in [7, 11) is -2.00. The lowest BCUT2D eigenvalue weighted by molar-refractivity contribution is -0.139. The van der Waals surface area contributed by atoms with E-state index in [0.717, 1.165) is 26.2 Å². The van der Waals surface area contributed by atoms with E-state index in [1.54, 1.807) is 78.8 Å². The van der Waals surface area contributed by atoms with Crippen molar-refractivity contribution in [3.8, 4) is 5.75 Å². The van der Waals surface area contributed by atoms with Gasteiger partial charge in [0.1, 0.15) is 29.9 Å². The maximum Gasteiger partial charge on any atom is 0.266 e. The van der Waals surface area contributed by atoms with Gasteiger partial charge in [0.15, 0.2) is 0 Å². The first-order chi connectivity index (χ1) is 23.6. The first-order valence-corrected chi connectivity index (χ1v) is 18.4. The van der Waals surface area contributed by atoms with Crippen molar-refractivity contribution in [2.45, 2.75) is 36.2 Å². The Labute approximate surface area is 293 Å². The van der Waals surface area contributed by atoms with Crippen LogP contribution in [0.15, 0.2) is 71.9 Å². The van der Waals surface area contributed by atoms with E-state index in [4.69, 9.17) is 21.1 Å². The topological polar surface area (TPSA) is 125 Å². The quantitative estimate of drug-likeness (QED) is 0.338. The van der Waals surface area contributed by atoms with Crippen LogP contribution in [0.3, 0.4) is 0 Å². The molecule has 12 nitrogen and oxygen atoms in total. The van der Waals surface area contributed by atoms with Gasteiger partial charge in [-0.1, -0.05) is 35.9 Å². The lowest BCUT2D eigenvalue weighted by Crippen LogP contribution is -2.64. The number of nitrogens with one attached hydrogen (secondary N) is 1. The average Bonchev–Trinajstić information content (AvgIpc) is 3.11. The van der Waals surface area contributed by atoms with Crippen LogP contribution in [0.4, 0.5) is 5.69 Å². The number of sulfonamides is 1. The molecule has 1 unspecified atom stereocenters. The first-order valence-electron chi connectivity index (χ1n) is 16.6. The number of amides is 2. The highest BCUT2D eigenvalue weighted by atomic mass is 35.5. The van der Waals surface area contributed by atoms with Gasteiger partial charge in [-0.25, -0.2) is 8.42 Å². The SMILES string of the molecule is Cc1cccc(Cl)c1S(=O)(=O)N1c2ccccc2OCC1COCC(=O)N1CCC(CNC(=O)c2ccncc2)(N2CCN(C)CC2)CC1. The monoisotopic (exact) mass is 710 g/mol. The van der Waals surface area contributed by atoms with Crippen LogP contribution in [-0.4, -0.2) is 124 Å². The van der Waals surface area contributed by atoms with Gasteiger partial charge in [0.2, 0.25) is 5.91 Å². The third-order valence-electron chi connectivity index (χ3n) is 9.82. The van der Waals surface area contributed by atoms with Crippen molar-refractivity contribution in [1.82, 2.24) is 25.0 Å². The molecule has 0 radical (unpaired) electrons. The van der Waals surface area contributed by atoms with Gasteiger partial charge in [-0.15, -0.1) is 0 Å². The number of benzene rings is 2. The molecule has 3 aliphatic rings. The molecule has 2 fully saturated rings. The summed E-state index contributed by atoms with van der Waals surface area (Å²) in [6.07, 6.45) is 4.62. The molecular weight excluding hydrogens is 668 g/mol. The number of hydrogen-bond acceptors (Lipinski definition) is 9. The lowest BCUT2D eigenvalue weighted by atomic mass is 9.84. The lowest BCUT2D eigenvalue weighted by Gasteiger charge is -2.51. The number of pyridine rings is 1. The number of halogens is 1. The number of piperidine rings is 1. The Morgan fingerprint density at radius 1 is 1.00 bits per heavy atom. The van der Waals surface area contributed by atoms with Crippen molar-refractivity contribution < 1.29 is 27.5 Å². The summed E-state index contributed by atoms with van der Waals surface area (Å²) in [6, 6.07) is 14.6. The molecule has 2 aromatic carbocycles. The molecule has 1 aromatic heterocycles. The van der Waals surface area contributed by atoms with Crippen molar-refractivity contribution in [1.29, 1.82) is 0 Å². The van der Waals surface area contributed by atoms with Gasteiger partial charge < -0.3 is 24.6 Å². The predicted molar refractivity (Wildman–Crippen MR) is 187 cm³/mol. The second kappa shape index (κ2) is 15.0. The zero-order valence-corrected chi connectivity index (χ0v) is 29.5. The molecule has 4 heterocycles. The zero-order valence-electron chi connectivity index (χ0n) is 27.9. The molecule has 1 N–H and O–H groups in total. The van der Waals surface area contributed by atoms with Gasteiger partial charge in [-0.05, 0) is 62.7 Å². The number of carbonyl (C=O) groups is 2. The molecule has 0 aliphatic carbocycles. The average molecular weight is 711 g/mol. The molecular formula is C35H43ClN6O6S. The van der Waals surface area contributed by atoms with Crippen LogP contribution in [0, 0.1) is 6.92 Å². The summed E-state index contributed by atoms with van der Waals surface area (Å²) in [5.74, 6) is 0.136. The van der Waals surface area contributed by atoms with Crippen molar-refractivity contribution in [2.75, 3.05) is 77.0 Å². The highest BCUT2D eigenvalue weighted by Crippen LogP contribution is 2.40. The molecule has 0 bridgehead atoms. The van der Waals surface area contributed by atoms with E-state index in [1.807, 2.05) is 0 Å². The minimum absolute atomic E-state index is 0.0311. The maximum absolute atomic E-state index is 14.2. The predicted octanol–water partition coefficient (Wildman–Crippen LogP) is 3.05. The number of piperazine rings is 1. The van der Waals surface area contributed by atoms with Crippen LogP contribution < -0.4 is 14.4 Å². The van der Waals surface area contributed by atoms with Crippen molar-refractivity contribution in [2.24, 2.45) is 0 Å². The third kappa shape index (κ3) is 7.56. The van der Waals surface area contributed by atoms with Crippen LogP contribution in [-0.2, 0) is 19.6 Å². The molecule has 262 valence electrons. The minimum atomic E-state index is -4.11. The van der Waals surface area contributed by atoms with Gasteiger partial charge in [0.25, 0.3) is 15.9 Å². The molecule has 2 amide bonds. The molecule has 0 saturated carbocycles. The number of likely N-dealkylation sites (tertiary alicyclic amines) is 1.